The van der Waals surface area contributed by atoms with Gasteiger partial charge in [-0.3, -0.25) is 0 Å². The first kappa shape index (κ1) is 19.1. The third-order valence-electron chi connectivity index (χ3n) is 4.43. The van der Waals surface area contributed by atoms with Crippen LogP contribution in [0.1, 0.15) is 38.5 Å². The minimum Gasteiger partial charge on any atom is -0.406 e. The van der Waals surface area contributed by atoms with Crippen LogP contribution in [0.5, 0.6) is 5.75 Å². The Balaban J connectivity index is 1.68. The molecular weight excluding hydrogens is 359 g/mol. The molecule has 0 atom stereocenters. The number of ether oxygens (including phenoxy) is 1. The molecule has 1 aromatic heterocycles. The lowest BCUT2D eigenvalue weighted by Crippen LogP contribution is -2.20. The number of nitrogens with two attached hydrogens (primary N) is 1. The van der Waals surface area contributed by atoms with E-state index in [0.717, 1.165) is 12.8 Å². The summed E-state index contributed by atoms with van der Waals surface area (Å²) in [5.74, 6) is 0.668. The van der Waals surface area contributed by atoms with Gasteiger partial charge in [0.15, 0.2) is 11.6 Å². The number of nitrogens with zero attached hydrogens (tertiary/aromatic N) is 2. The van der Waals surface area contributed by atoms with Gasteiger partial charge in [-0.2, -0.15) is 0 Å². The second-order valence-corrected chi connectivity index (χ2v) is 6.51. The van der Waals surface area contributed by atoms with Gasteiger partial charge in [-0.05, 0) is 37.1 Å². The minimum atomic E-state index is -4.72. The lowest BCUT2D eigenvalue weighted by atomic mass is 10.1. The Kier molecular flexibility index (Phi) is 5.88. The Morgan fingerprint density at radius 3 is 2.22 bits per heavy atom. The van der Waals surface area contributed by atoms with E-state index in [4.69, 9.17) is 5.73 Å². The third-order valence-corrected chi connectivity index (χ3v) is 4.43. The molecule has 3 rings (SSSR count). The van der Waals surface area contributed by atoms with E-state index in [1.807, 2.05) is 0 Å². The summed E-state index contributed by atoms with van der Waals surface area (Å²) in [5.41, 5.74) is 7.09. The molecule has 0 bridgehead atoms. The van der Waals surface area contributed by atoms with Crippen molar-refractivity contribution < 1.29 is 17.9 Å². The van der Waals surface area contributed by atoms with Gasteiger partial charge in [0, 0.05) is 11.7 Å². The van der Waals surface area contributed by atoms with Crippen molar-refractivity contribution in [2.45, 2.75) is 50.9 Å². The fourth-order valence-electron chi connectivity index (χ4n) is 3.10. The predicted molar refractivity (Wildman–Crippen MR) is 98.0 cm³/mol. The Morgan fingerprint density at radius 1 is 0.963 bits per heavy atom. The van der Waals surface area contributed by atoms with Crippen molar-refractivity contribution in [1.82, 2.24) is 9.97 Å². The van der Waals surface area contributed by atoms with E-state index in [0.29, 0.717) is 29.1 Å². The SMILES string of the molecule is Nc1c(Nc2ccc(OC(F)(F)F)cc2)ncnc1NC1CCCCCC1. The number of halogens is 3. The fourth-order valence-corrected chi connectivity index (χ4v) is 3.10. The number of anilines is 4. The standard InChI is InChI=1S/C18H22F3N5O/c19-18(20,21)27-14-9-7-13(8-10-14)26-17-15(22)16(23-11-24-17)25-12-5-3-1-2-4-6-12/h7-12H,1-6,22H2,(H2,23,24,25,26). The second kappa shape index (κ2) is 8.32. The Bertz CT molecular complexity index is 744. The van der Waals surface area contributed by atoms with Crippen LogP contribution in [-0.2, 0) is 0 Å². The fraction of sp³-hybridized carbons (Fsp3) is 0.444. The number of aromatic nitrogens is 2. The molecule has 27 heavy (non-hydrogen) atoms. The van der Waals surface area contributed by atoms with E-state index in [1.54, 1.807) is 0 Å². The lowest BCUT2D eigenvalue weighted by Gasteiger charge is -2.19. The van der Waals surface area contributed by atoms with Gasteiger partial charge < -0.3 is 21.1 Å². The molecule has 146 valence electrons. The van der Waals surface area contributed by atoms with E-state index in [-0.39, 0.29) is 5.75 Å². The summed E-state index contributed by atoms with van der Waals surface area (Å²) in [7, 11) is 0. The highest BCUT2D eigenvalue weighted by Gasteiger charge is 2.31. The number of nitrogen functional groups attached to an aromatic ring is 1. The van der Waals surface area contributed by atoms with Crippen LogP contribution in [0.15, 0.2) is 30.6 Å². The third kappa shape index (κ3) is 5.63. The number of hydrogen-bond acceptors (Lipinski definition) is 6. The van der Waals surface area contributed by atoms with E-state index in [1.165, 1.54) is 56.3 Å². The largest absolute Gasteiger partial charge is 0.573 e. The molecule has 0 unspecified atom stereocenters. The predicted octanol–water partition coefficient (Wildman–Crippen LogP) is 4.84. The Hall–Kier alpha value is -2.71. The van der Waals surface area contributed by atoms with E-state index in [2.05, 4.69) is 25.3 Å². The van der Waals surface area contributed by atoms with Gasteiger partial charge >= 0.3 is 6.36 Å². The molecule has 1 aromatic carbocycles. The number of rotatable bonds is 5. The molecule has 0 spiro atoms. The average molecular weight is 381 g/mol. The number of benzene rings is 1. The highest BCUT2D eigenvalue weighted by atomic mass is 19.4. The topological polar surface area (TPSA) is 85.1 Å². The van der Waals surface area contributed by atoms with Crippen LogP contribution in [0.2, 0.25) is 0 Å². The van der Waals surface area contributed by atoms with Crippen LogP contribution in [0.3, 0.4) is 0 Å². The van der Waals surface area contributed by atoms with Crippen molar-refractivity contribution in [3.05, 3.63) is 30.6 Å². The first-order chi connectivity index (χ1) is 12.9. The maximum absolute atomic E-state index is 12.2. The summed E-state index contributed by atoms with van der Waals surface area (Å²) in [6, 6.07) is 5.69. The summed E-state index contributed by atoms with van der Waals surface area (Å²) in [4.78, 5) is 8.36. The molecule has 1 aliphatic rings. The van der Waals surface area contributed by atoms with Crippen LogP contribution in [0.25, 0.3) is 0 Å². The Morgan fingerprint density at radius 2 is 1.59 bits per heavy atom. The number of nitrogens with one attached hydrogen (secondary N) is 2. The van der Waals surface area contributed by atoms with Crippen molar-refractivity contribution in [2.75, 3.05) is 16.4 Å². The molecule has 2 aromatic rings. The van der Waals surface area contributed by atoms with Crippen molar-refractivity contribution >= 4 is 23.0 Å². The molecule has 6 nitrogen and oxygen atoms in total. The molecule has 1 aliphatic carbocycles. The number of hydrogen-bond donors (Lipinski definition) is 3. The van der Waals surface area contributed by atoms with Gasteiger partial charge in [0.05, 0.1) is 0 Å². The van der Waals surface area contributed by atoms with Gasteiger partial charge in [-0.25, -0.2) is 9.97 Å². The van der Waals surface area contributed by atoms with E-state index in [9.17, 15) is 13.2 Å². The first-order valence-corrected chi connectivity index (χ1v) is 8.90. The van der Waals surface area contributed by atoms with Crippen molar-refractivity contribution in [3.8, 4) is 5.75 Å². The molecule has 1 fully saturated rings. The molecule has 1 saturated carbocycles. The zero-order valence-electron chi connectivity index (χ0n) is 14.7. The van der Waals surface area contributed by atoms with Gasteiger partial charge in [-0.1, -0.05) is 25.7 Å². The molecule has 9 heteroatoms. The van der Waals surface area contributed by atoms with Crippen LogP contribution in [0.4, 0.5) is 36.2 Å². The van der Waals surface area contributed by atoms with Crippen molar-refractivity contribution in [1.29, 1.82) is 0 Å². The molecule has 0 aliphatic heterocycles. The van der Waals surface area contributed by atoms with Gasteiger partial charge in [0.1, 0.15) is 17.8 Å². The summed E-state index contributed by atoms with van der Waals surface area (Å²) < 4.78 is 40.5. The number of alkyl halides is 3. The molecular formula is C18H22F3N5O. The average Bonchev–Trinajstić information content (AvgIpc) is 2.87. The van der Waals surface area contributed by atoms with E-state index >= 15 is 0 Å². The van der Waals surface area contributed by atoms with Crippen LogP contribution < -0.4 is 21.1 Å². The molecule has 1 heterocycles. The van der Waals surface area contributed by atoms with Crippen LogP contribution >= 0.6 is 0 Å². The summed E-state index contributed by atoms with van der Waals surface area (Å²) >= 11 is 0. The second-order valence-electron chi connectivity index (χ2n) is 6.51. The van der Waals surface area contributed by atoms with Crippen molar-refractivity contribution in [2.24, 2.45) is 0 Å². The molecule has 0 saturated heterocycles. The maximum atomic E-state index is 12.2. The van der Waals surface area contributed by atoms with Gasteiger partial charge in [0.2, 0.25) is 0 Å². The highest BCUT2D eigenvalue weighted by Crippen LogP contribution is 2.30. The first-order valence-electron chi connectivity index (χ1n) is 8.90. The highest BCUT2D eigenvalue weighted by molar-refractivity contribution is 5.77. The maximum Gasteiger partial charge on any atom is 0.573 e. The van der Waals surface area contributed by atoms with Crippen molar-refractivity contribution in [3.63, 3.8) is 0 Å². The van der Waals surface area contributed by atoms with Crippen LogP contribution in [-0.4, -0.2) is 22.4 Å². The van der Waals surface area contributed by atoms with Gasteiger partial charge in [0.25, 0.3) is 0 Å². The monoisotopic (exact) mass is 381 g/mol. The Labute approximate surface area is 155 Å². The quantitative estimate of drug-likeness (QED) is 0.643. The summed E-state index contributed by atoms with van der Waals surface area (Å²) in [6.45, 7) is 0. The van der Waals surface area contributed by atoms with Crippen LogP contribution in [0, 0.1) is 0 Å². The van der Waals surface area contributed by atoms with E-state index < -0.39 is 6.36 Å². The summed E-state index contributed by atoms with van der Waals surface area (Å²) in [6.07, 6.45) is 3.69. The minimum absolute atomic E-state index is 0.292. The molecule has 0 amide bonds. The smallest absolute Gasteiger partial charge is 0.406 e. The normalized spacial score (nSPS) is 15.8. The van der Waals surface area contributed by atoms with Gasteiger partial charge in [-0.15, -0.1) is 13.2 Å². The zero-order chi connectivity index (χ0) is 19.3. The summed E-state index contributed by atoms with van der Waals surface area (Å²) in [5, 5.41) is 6.39. The molecule has 4 N–H and O–H groups in total. The molecule has 0 radical (unpaired) electrons. The lowest BCUT2D eigenvalue weighted by molar-refractivity contribution is -0.274. The zero-order valence-corrected chi connectivity index (χ0v) is 14.7.